The molecule has 3 atom stereocenters. The van der Waals surface area contributed by atoms with Crippen molar-refractivity contribution in [2.75, 3.05) is 20.2 Å². The second kappa shape index (κ2) is 16.0. The largest absolute Gasteiger partial charge is 0.453 e. The van der Waals surface area contributed by atoms with E-state index in [1.807, 2.05) is 77.9 Å². The van der Waals surface area contributed by atoms with Gasteiger partial charge in [-0.15, -0.1) is 0 Å². The van der Waals surface area contributed by atoms with E-state index in [1.165, 1.54) is 7.11 Å². The van der Waals surface area contributed by atoms with Crippen LogP contribution in [0.25, 0.3) is 33.6 Å². The monoisotopic (exact) mass is 696 g/mol. The molecule has 5 rings (SSSR count). The van der Waals surface area contributed by atoms with E-state index in [1.54, 1.807) is 22.2 Å². The third-order valence-corrected chi connectivity index (χ3v) is 9.19. The topological polar surface area (TPSA) is 165 Å². The Morgan fingerprint density at radius 1 is 0.902 bits per heavy atom. The van der Waals surface area contributed by atoms with E-state index in [0.717, 1.165) is 40.1 Å². The highest BCUT2D eigenvalue weighted by Crippen LogP contribution is 2.28. The zero-order chi connectivity index (χ0) is 36.8. The van der Waals surface area contributed by atoms with Gasteiger partial charge in [0.05, 0.1) is 43.5 Å². The van der Waals surface area contributed by atoms with Crippen LogP contribution < -0.4 is 10.6 Å². The van der Waals surface area contributed by atoms with Crippen LogP contribution >= 0.6 is 0 Å². The van der Waals surface area contributed by atoms with Gasteiger partial charge in [-0.25, -0.2) is 14.8 Å². The number of amides is 4. The Bertz CT molecular complexity index is 1830. The average molecular weight is 697 g/mol. The lowest BCUT2D eigenvalue weighted by atomic mass is 10.0. The summed E-state index contributed by atoms with van der Waals surface area (Å²) in [5, 5.41) is 5.46. The second-order valence-corrected chi connectivity index (χ2v) is 13.6. The molecule has 2 aromatic carbocycles. The number of aromatic amines is 2. The van der Waals surface area contributed by atoms with Crippen molar-refractivity contribution in [3.8, 4) is 33.6 Å². The molecule has 0 bridgehead atoms. The van der Waals surface area contributed by atoms with Crippen LogP contribution in [0, 0.1) is 11.8 Å². The number of ether oxygens (including phenoxy) is 1. The number of hydrogen-bond acceptors (Lipinski definition) is 7. The van der Waals surface area contributed by atoms with Gasteiger partial charge in [-0.05, 0) is 47.4 Å². The summed E-state index contributed by atoms with van der Waals surface area (Å²) in [6.07, 6.45) is 3.62. The summed E-state index contributed by atoms with van der Waals surface area (Å²) in [5.74, 6) is 0.695. The normalized spacial score (nSPS) is 15.9. The fraction of sp³-hybridized carbons (Fsp3) is 0.421. The number of carbonyl (C=O) groups excluding carboxylic acids is 4. The number of carbonyl (C=O) groups is 4. The first-order valence-corrected chi connectivity index (χ1v) is 17.4. The van der Waals surface area contributed by atoms with E-state index < -0.39 is 18.2 Å². The molecular weight excluding hydrogens is 648 g/mol. The third-order valence-electron chi connectivity index (χ3n) is 9.19. The third kappa shape index (κ3) is 8.47. The summed E-state index contributed by atoms with van der Waals surface area (Å²) in [4.78, 5) is 69.7. The molecule has 2 aromatic heterocycles. The predicted molar refractivity (Wildman–Crippen MR) is 194 cm³/mol. The molecule has 0 radical (unpaired) electrons. The number of methoxy groups -OCH3 is 1. The number of hydrogen-bond donors (Lipinski definition) is 4. The highest BCUT2D eigenvalue weighted by atomic mass is 16.5. The minimum absolute atomic E-state index is 0.00139. The molecule has 270 valence electrons. The summed E-state index contributed by atoms with van der Waals surface area (Å²) in [5.41, 5.74) is 5.65. The molecule has 13 heteroatoms. The number of alkyl carbamates (subject to hydrolysis) is 1. The van der Waals surface area contributed by atoms with Crippen molar-refractivity contribution in [1.29, 1.82) is 0 Å². The van der Waals surface area contributed by atoms with Gasteiger partial charge >= 0.3 is 6.09 Å². The van der Waals surface area contributed by atoms with Gasteiger partial charge in [0.25, 0.3) is 0 Å². The molecule has 1 aliphatic heterocycles. The van der Waals surface area contributed by atoms with Crippen LogP contribution in [-0.2, 0) is 25.7 Å². The maximum absolute atomic E-state index is 13.6. The van der Waals surface area contributed by atoms with Gasteiger partial charge in [0.2, 0.25) is 17.7 Å². The summed E-state index contributed by atoms with van der Waals surface area (Å²) in [7, 11) is 1.28. The number of benzene rings is 2. The van der Waals surface area contributed by atoms with Gasteiger partial charge < -0.3 is 35.1 Å². The van der Waals surface area contributed by atoms with E-state index in [0.29, 0.717) is 18.2 Å². The maximum atomic E-state index is 13.6. The number of nitrogens with one attached hydrogen (secondary N) is 4. The van der Waals surface area contributed by atoms with Crippen molar-refractivity contribution in [3.05, 3.63) is 72.6 Å². The Hall–Kier alpha value is -5.46. The van der Waals surface area contributed by atoms with Gasteiger partial charge in [0.1, 0.15) is 30.3 Å². The highest BCUT2D eigenvalue weighted by Gasteiger charge is 2.35. The Morgan fingerprint density at radius 3 is 2.02 bits per heavy atom. The van der Waals surface area contributed by atoms with Gasteiger partial charge in [-0.2, -0.15) is 0 Å². The maximum Gasteiger partial charge on any atom is 0.407 e. The Morgan fingerprint density at radius 2 is 1.47 bits per heavy atom. The molecule has 4 aromatic rings. The van der Waals surface area contributed by atoms with Gasteiger partial charge in [-0.1, -0.05) is 83.1 Å². The van der Waals surface area contributed by atoms with Crippen LogP contribution in [0.4, 0.5) is 4.79 Å². The molecule has 0 saturated carbocycles. The average Bonchev–Trinajstić information content (AvgIpc) is 3.81. The van der Waals surface area contributed by atoms with E-state index in [4.69, 9.17) is 4.74 Å². The van der Waals surface area contributed by atoms with Crippen LogP contribution in [0.15, 0.2) is 60.9 Å². The standard InChI is InChI=1S/C38H48N8O5/c1-8-17-46(37(49)34(23(4)5)44-38(50)51-7)24(6)35-40-19-30(42-35)28-15-11-26(12-16-28)25-9-13-27(14-10-25)29-18-39-31(41-29)20-45-21-32(47)43-33(22(2)3)36(45)48/h9-16,18-19,22-24,33-34H,8,17,20-21H2,1-7H3,(H,39,41)(H,40,42)(H,43,47)(H,44,50)/t24-,33-,34-/m0/s1. The van der Waals surface area contributed by atoms with Crippen molar-refractivity contribution in [2.45, 2.75) is 72.6 Å². The summed E-state index contributed by atoms with van der Waals surface area (Å²) in [6, 6.07) is 14.7. The molecule has 1 fully saturated rings. The Balaban J connectivity index is 1.24. The zero-order valence-corrected chi connectivity index (χ0v) is 30.3. The molecular formula is C38H48N8O5. The van der Waals surface area contributed by atoms with Gasteiger partial charge in [0, 0.05) is 6.54 Å². The first-order valence-electron chi connectivity index (χ1n) is 17.4. The van der Waals surface area contributed by atoms with Crippen molar-refractivity contribution in [3.63, 3.8) is 0 Å². The zero-order valence-electron chi connectivity index (χ0n) is 30.3. The van der Waals surface area contributed by atoms with E-state index in [2.05, 4.69) is 42.7 Å². The molecule has 51 heavy (non-hydrogen) atoms. The van der Waals surface area contributed by atoms with E-state index >= 15 is 0 Å². The fourth-order valence-corrected chi connectivity index (χ4v) is 6.23. The Kier molecular flexibility index (Phi) is 11.6. The number of H-pyrrole nitrogens is 2. The molecule has 0 spiro atoms. The number of piperazine rings is 1. The van der Waals surface area contributed by atoms with E-state index in [-0.39, 0.29) is 48.7 Å². The van der Waals surface area contributed by atoms with Crippen molar-refractivity contribution >= 4 is 23.8 Å². The minimum atomic E-state index is -0.722. The molecule has 3 heterocycles. The number of aromatic nitrogens is 4. The molecule has 4 N–H and O–H groups in total. The molecule has 0 aliphatic carbocycles. The minimum Gasteiger partial charge on any atom is -0.453 e. The van der Waals surface area contributed by atoms with Crippen molar-refractivity contribution in [2.24, 2.45) is 11.8 Å². The van der Waals surface area contributed by atoms with Crippen LogP contribution in [0.2, 0.25) is 0 Å². The summed E-state index contributed by atoms with van der Waals surface area (Å²) < 4.78 is 4.75. The summed E-state index contributed by atoms with van der Waals surface area (Å²) >= 11 is 0. The number of nitrogens with zero attached hydrogens (tertiary/aromatic N) is 4. The molecule has 4 amide bonds. The molecule has 1 saturated heterocycles. The smallest absolute Gasteiger partial charge is 0.407 e. The van der Waals surface area contributed by atoms with Crippen LogP contribution in [0.5, 0.6) is 0 Å². The fourth-order valence-electron chi connectivity index (χ4n) is 6.23. The first kappa shape index (κ1) is 36.8. The van der Waals surface area contributed by atoms with Crippen LogP contribution in [0.1, 0.15) is 65.7 Å². The van der Waals surface area contributed by atoms with Crippen molar-refractivity contribution in [1.82, 2.24) is 40.4 Å². The molecule has 13 nitrogen and oxygen atoms in total. The van der Waals surface area contributed by atoms with Gasteiger partial charge in [0.15, 0.2) is 0 Å². The van der Waals surface area contributed by atoms with Crippen molar-refractivity contribution < 1.29 is 23.9 Å². The lowest BCUT2D eigenvalue weighted by molar-refractivity contribution is -0.146. The lowest BCUT2D eigenvalue weighted by Gasteiger charge is -2.33. The summed E-state index contributed by atoms with van der Waals surface area (Å²) in [6.45, 7) is 12.3. The van der Waals surface area contributed by atoms with Crippen LogP contribution in [0.3, 0.4) is 0 Å². The number of imidazole rings is 2. The van der Waals surface area contributed by atoms with Gasteiger partial charge in [-0.3, -0.25) is 14.4 Å². The van der Waals surface area contributed by atoms with E-state index in [9.17, 15) is 19.2 Å². The lowest BCUT2D eigenvalue weighted by Crippen LogP contribution is -2.59. The SMILES string of the molecule is CCCN(C(=O)[C@@H](NC(=O)OC)C(C)C)[C@@H](C)c1ncc(-c2ccc(-c3ccc(-c4cnc(CN5CC(=O)N[C@@H](C(C)C)C5=O)[nH]4)cc3)cc2)[nH]1. The molecule has 1 aliphatic rings. The quantitative estimate of drug-likeness (QED) is 0.147. The second-order valence-electron chi connectivity index (χ2n) is 13.6. The molecule has 0 unspecified atom stereocenters. The first-order chi connectivity index (χ1) is 24.4. The Labute approximate surface area is 298 Å². The number of rotatable bonds is 13. The predicted octanol–water partition coefficient (Wildman–Crippen LogP) is 5.30. The highest BCUT2D eigenvalue weighted by molar-refractivity contribution is 5.95. The van der Waals surface area contributed by atoms with Crippen LogP contribution in [-0.4, -0.2) is 85.8 Å².